The average molecular weight is 406 g/mol. The summed E-state index contributed by atoms with van der Waals surface area (Å²) < 4.78 is 11.6. The molecule has 1 amide bonds. The lowest BCUT2D eigenvalue weighted by Gasteiger charge is -2.21. The van der Waals surface area contributed by atoms with Crippen LogP contribution in [0.25, 0.3) is 0 Å². The summed E-state index contributed by atoms with van der Waals surface area (Å²) in [6.45, 7) is 3.23. The van der Waals surface area contributed by atoms with Gasteiger partial charge in [-0.05, 0) is 48.7 Å². The first-order valence-corrected chi connectivity index (χ1v) is 9.09. The smallest absolute Gasteiger partial charge is 0.223 e. The van der Waals surface area contributed by atoms with Crippen molar-refractivity contribution in [3.05, 3.63) is 58.1 Å². The molecule has 2 aromatic carbocycles. The van der Waals surface area contributed by atoms with Gasteiger partial charge in [0.1, 0.15) is 0 Å². The molecule has 0 unspecified atom stereocenters. The molecule has 25 heavy (non-hydrogen) atoms. The molecular weight excluding hydrogens is 382 g/mol. The van der Waals surface area contributed by atoms with Crippen LogP contribution < -0.4 is 9.47 Å². The molecule has 0 heterocycles. The van der Waals surface area contributed by atoms with Crippen molar-refractivity contribution in [1.29, 1.82) is 0 Å². The molecule has 0 saturated heterocycles. The van der Waals surface area contributed by atoms with Crippen LogP contribution in [0.1, 0.15) is 24.5 Å². The van der Waals surface area contributed by atoms with Crippen LogP contribution in [0.4, 0.5) is 0 Å². The Morgan fingerprint density at radius 2 is 1.80 bits per heavy atom. The third kappa shape index (κ3) is 5.49. The molecule has 0 spiro atoms. The van der Waals surface area contributed by atoms with Gasteiger partial charge in [-0.1, -0.05) is 34.1 Å². The second-order valence-electron chi connectivity index (χ2n) is 5.73. The molecule has 0 N–H and O–H groups in total. The molecule has 0 radical (unpaired) electrons. The molecule has 0 aliphatic heterocycles. The lowest BCUT2D eigenvalue weighted by Crippen LogP contribution is -2.30. The van der Waals surface area contributed by atoms with Crippen LogP contribution >= 0.6 is 15.9 Å². The van der Waals surface area contributed by atoms with Gasteiger partial charge in [-0.15, -0.1) is 0 Å². The summed E-state index contributed by atoms with van der Waals surface area (Å²) >= 11 is 3.46. The third-order valence-electron chi connectivity index (χ3n) is 4.07. The van der Waals surface area contributed by atoms with Crippen LogP contribution in [-0.4, -0.2) is 31.6 Å². The minimum Gasteiger partial charge on any atom is -0.493 e. The fourth-order valence-corrected chi connectivity index (χ4v) is 3.12. The van der Waals surface area contributed by atoms with Gasteiger partial charge in [0.05, 0.1) is 14.2 Å². The van der Waals surface area contributed by atoms with E-state index in [9.17, 15) is 4.79 Å². The molecule has 0 aliphatic carbocycles. The first-order valence-electron chi connectivity index (χ1n) is 8.30. The zero-order chi connectivity index (χ0) is 18.2. The van der Waals surface area contributed by atoms with Gasteiger partial charge >= 0.3 is 0 Å². The highest BCUT2D eigenvalue weighted by atomic mass is 79.9. The second kappa shape index (κ2) is 9.47. The van der Waals surface area contributed by atoms with Gasteiger partial charge in [0.15, 0.2) is 11.5 Å². The molecule has 134 valence electrons. The van der Waals surface area contributed by atoms with Crippen molar-refractivity contribution in [2.45, 2.75) is 26.3 Å². The number of ether oxygens (including phenoxy) is 2. The van der Waals surface area contributed by atoms with E-state index in [4.69, 9.17) is 9.47 Å². The van der Waals surface area contributed by atoms with Crippen LogP contribution in [0, 0.1) is 0 Å². The number of nitrogens with zero attached hydrogens (tertiary/aromatic N) is 1. The van der Waals surface area contributed by atoms with Crippen LogP contribution in [0.15, 0.2) is 46.9 Å². The first-order chi connectivity index (χ1) is 12.1. The Morgan fingerprint density at radius 1 is 1.04 bits per heavy atom. The number of hydrogen-bond acceptors (Lipinski definition) is 3. The van der Waals surface area contributed by atoms with E-state index in [-0.39, 0.29) is 5.91 Å². The van der Waals surface area contributed by atoms with E-state index in [0.29, 0.717) is 31.0 Å². The van der Waals surface area contributed by atoms with Crippen molar-refractivity contribution in [3.63, 3.8) is 0 Å². The first kappa shape index (κ1) is 19.3. The molecule has 0 saturated carbocycles. The van der Waals surface area contributed by atoms with E-state index in [1.165, 1.54) is 0 Å². The maximum atomic E-state index is 12.6. The predicted molar refractivity (Wildman–Crippen MR) is 103 cm³/mol. The molecule has 2 rings (SSSR count). The zero-order valence-electron chi connectivity index (χ0n) is 14.9. The summed E-state index contributed by atoms with van der Waals surface area (Å²) in [5, 5.41) is 0. The Morgan fingerprint density at radius 3 is 2.44 bits per heavy atom. The summed E-state index contributed by atoms with van der Waals surface area (Å²) in [7, 11) is 3.23. The minimum absolute atomic E-state index is 0.150. The quantitative estimate of drug-likeness (QED) is 0.650. The normalized spacial score (nSPS) is 10.4. The summed E-state index contributed by atoms with van der Waals surface area (Å²) in [4.78, 5) is 14.4. The Kier molecular flexibility index (Phi) is 7.31. The SMILES string of the molecule is CCN(Cc1ccc(OC)c(OC)c1)C(=O)CCc1cccc(Br)c1. The van der Waals surface area contributed by atoms with Gasteiger partial charge in [-0.2, -0.15) is 0 Å². The van der Waals surface area contributed by atoms with Crippen LogP contribution in [0.2, 0.25) is 0 Å². The molecule has 2 aromatic rings. The van der Waals surface area contributed by atoms with Crippen molar-refractivity contribution in [1.82, 2.24) is 4.90 Å². The standard InChI is InChI=1S/C20H24BrNO3/c1-4-22(14-16-8-10-18(24-2)19(13-16)25-3)20(23)11-9-15-6-5-7-17(21)12-15/h5-8,10,12-13H,4,9,11,14H2,1-3H3. The molecule has 5 heteroatoms. The number of methoxy groups -OCH3 is 2. The molecular formula is C20H24BrNO3. The summed E-state index contributed by atoms with van der Waals surface area (Å²) in [6.07, 6.45) is 1.23. The van der Waals surface area contributed by atoms with Crippen molar-refractivity contribution < 1.29 is 14.3 Å². The number of benzene rings is 2. The number of halogens is 1. The number of rotatable bonds is 8. The monoisotopic (exact) mass is 405 g/mol. The van der Waals surface area contributed by atoms with E-state index in [1.54, 1.807) is 14.2 Å². The van der Waals surface area contributed by atoms with Gasteiger partial charge in [-0.25, -0.2) is 0 Å². The summed E-state index contributed by atoms with van der Waals surface area (Å²) in [6, 6.07) is 13.8. The van der Waals surface area contributed by atoms with Gasteiger partial charge in [0, 0.05) is 24.0 Å². The maximum absolute atomic E-state index is 12.6. The highest BCUT2D eigenvalue weighted by molar-refractivity contribution is 9.10. The van der Waals surface area contributed by atoms with Crippen molar-refractivity contribution in [2.75, 3.05) is 20.8 Å². The van der Waals surface area contributed by atoms with E-state index in [0.717, 1.165) is 22.0 Å². The molecule has 0 aliphatic rings. The van der Waals surface area contributed by atoms with E-state index >= 15 is 0 Å². The lowest BCUT2D eigenvalue weighted by molar-refractivity contribution is -0.131. The van der Waals surface area contributed by atoms with Gasteiger partial charge < -0.3 is 14.4 Å². The third-order valence-corrected chi connectivity index (χ3v) is 4.57. The Labute approximate surface area is 157 Å². The van der Waals surface area contributed by atoms with Crippen LogP contribution in [0.5, 0.6) is 11.5 Å². The average Bonchev–Trinajstić information content (AvgIpc) is 2.64. The Bertz CT molecular complexity index is 718. The topological polar surface area (TPSA) is 38.8 Å². The Balaban J connectivity index is 2.00. The number of amides is 1. The van der Waals surface area contributed by atoms with Gasteiger partial charge in [-0.3, -0.25) is 4.79 Å². The maximum Gasteiger partial charge on any atom is 0.223 e. The molecule has 4 nitrogen and oxygen atoms in total. The fraction of sp³-hybridized carbons (Fsp3) is 0.350. The van der Waals surface area contributed by atoms with Crippen molar-refractivity contribution >= 4 is 21.8 Å². The molecule has 0 aromatic heterocycles. The second-order valence-corrected chi connectivity index (χ2v) is 6.64. The fourth-order valence-electron chi connectivity index (χ4n) is 2.68. The highest BCUT2D eigenvalue weighted by Gasteiger charge is 2.14. The van der Waals surface area contributed by atoms with Crippen LogP contribution in [0.3, 0.4) is 0 Å². The number of carbonyl (C=O) groups is 1. The van der Waals surface area contributed by atoms with Crippen molar-refractivity contribution in [3.8, 4) is 11.5 Å². The van der Waals surface area contributed by atoms with Crippen molar-refractivity contribution in [2.24, 2.45) is 0 Å². The molecule has 0 bridgehead atoms. The molecule has 0 atom stereocenters. The number of carbonyl (C=O) groups excluding carboxylic acids is 1. The number of aryl methyl sites for hydroxylation is 1. The largest absolute Gasteiger partial charge is 0.493 e. The summed E-state index contributed by atoms with van der Waals surface area (Å²) in [5.74, 6) is 1.52. The zero-order valence-corrected chi connectivity index (χ0v) is 16.5. The Hall–Kier alpha value is -2.01. The summed E-state index contributed by atoms with van der Waals surface area (Å²) in [5.41, 5.74) is 2.18. The van der Waals surface area contributed by atoms with E-state index < -0.39 is 0 Å². The lowest BCUT2D eigenvalue weighted by atomic mass is 10.1. The van der Waals surface area contributed by atoms with E-state index in [2.05, 4.69) is 22.0 Å². The minimum atomic E-state index is 0.150. The highest BCUT2D eigenvalue weighted by Crippen LogP contribution is 2.28. The van der Waals surface area contributed by atoms with Gasteiger partial charge in [0.2, 0.25) is 5.91 Å². The van der Waals surface area contributed by atoms with E-state index in [1.807, 2.05) is 48.2 Å². The molecule has 0 fully saturated rings. The number of hydrogen-bond donors (Lipinski definition) is 0. The van der Waals surface area contributed by atoms with Gasteiger partial charge in [0.25, 0.3) is 0 Å². The van der Waals surface area contributed by atoms with Crippen LogP contribution in [-0.2, 0) is 17.8 Å². The predicted octanol–water partition coefficient (Wildman–Crippen LogP) is 4.45.